The Kier molecular flexibility index (Phi) is 5.57. The van der Waals surface area contributed by atoms with Gasteiger partial charge in [0.05, 0.1) is 18.8 Å². The van der Waals surface area contributed by atoms with Gasteiger partial charge in [0, 0.05) is 16.6 Å². The molecule has 1 unspecified atom stereocenters. The summed E-state index contributed by atoms with van der Waals surface area (Å²) in [5.74, 6) is -1.16. The van der Waals surface area contributed by atoms with Crippen molar-refractivity contribution in [2.24, 2.45) is 0 Å². The number of furan rings is 1. The molecule has 1 heterocycles. The Morgan fingerprint density at radius 1 is 1.44 bits per heavy atom. The molecule has 0 aromatic carbocycles. The number of hydrogen-bond donors (Lipinski definition) is 1. The molecule has 0 bridgehead atoms. The number of carboxylic acids is 1. The van der Waals surface area contributed by atoms with Crippen LogP contribution < -0.4 is 0 Å². The molecule has 1 atom stereocenters. The van der Waals surface area contributed by atoms with Crippen LogP contribution in [0.5, 0.6) is 0 Å². The van der Waals surface area contributed by atoms with Crippen molar-refractivity contribution in [3.8, 4) is 0 Å². The summed E-state index contributed by atoms with van der Waals surface area (Å²) in [5.41, 5.74) is 0. The zero-order valence-corrected chi connectivity index (χ0v) is 10.7. The fourth-order valence-corrected chi connectivity index (χ4v) is 2.24. The maximum absolute atomic E-state index is 11.6. The molecule has 1 aromatic rings. The normalized spacial score (nSPS) is 12.1. The minimum absolute atomic E-state index is 0.0763. The number of hydrogen-bond acceptors (Lipinski definition) is 5. The second-order valence-electron chi connectivity index (χ2n) is 3.41. The third kappa shape index (κ3) is 4.70. The summed E-state index contributed by atoms with van der Waals surface area (Å²) >= 11 is 0. The van der Waals surface area contributed by atoms with E-state index in [1.807, 2.05) is 0 Å². The van der Waals surface area contributed by atoms with Crippen LogP contribution in [0.25, 0.3) is 0 Å². The van der Waals surface area contributed by atoms with Gasteiger partial charge in [0.2, 0.25) is 5.76 Å². The van der Waals surface area contributed by atoms with Crippen LogP contribution in [0.15, 0.2) is 16.5 Å². The minimum atomic E-state index is -1.28. The molecule has 0 radical (unpaired) electrons. The fourth-order valence-electron chi connectivity index (χ4n) is 1.23. The van der Waals surface area contributed by atoms with Gasteiger partial charge in [-0.2, -0.15) is 0 Å². The zero-order valence-electron chi connectivity index (χ0n) is 9.88. The first-order chi connectivity index (χ1) is 8.52. The zero-order chi connectivity index (χ0) is 13.5. The van der Waals surface area contributed by atoms with Crippen LogP contribution in [0, 0.1) is 0 Å². The van der Waals surface area contributed by atoms with E-state index in [0.717, 1.165) is 0 Å². The average molecular weight is 274 g/mol. The average Bonchev–Trinajstić information content (AvgIpc) is 2.75. The molecule has 1 N–H and O–H groups in total. The van der Waals surface area contributed by atoms with Crippen molar-refractivity contribution >= 4 is 22.7 Å². The van der Waals surface area contributed by atoms with Gasteiger partial charge in [-0.1, -0.05) is 0 Å². The molecule has 0 saturated carbocycles. The van der Waals surface area contributed by atoms with Crippen LogP contribution in [-0.2, 0) is 26.1 Å². The van der Waals surface area contributed by atoms with Crippen molar-refractivity contribution in [1.82, 2.24) is 0 Å². The first kappa shape index (κ1) is 14.4. The van der Waals surface area contributed by atoms with E-state index in [9.17, 15) is 13.8 Å². The summed E-state index contributed by atoms with van der Waals surface area (Å²) in [7, 11) is -1.28. The van der Waals surface area contributed by atoms with Gasteiger partial charge in [-0.3, -0.25) is 9.00 Å². The van der Waals surface area contributed by atoms with E-state index in [0.29, 0.717) is 12.4 Å². The lowest BCUT2D eigenvalue weighted by Gasteiger charge is -2.01. The number of carbonyl (C=O) groups is 2. The summed E-state index contributed by atoms with van der Waals surface area (Å²) in [4.78, 5) is 21.6. The number of aromatic carboxylic acids is 1. The second-order valence-corrected chi connectivity index (χ2v) is 4.99. The maximum atomic E-state index is 11.6. The van der Waals surface area contributed by atoms with Gasteiger partial charge >= 0.3 is 11.9 Å². The molecule has 0 aliphatic carbocycles. The lowest BCUT2D eigenvalue weighted by atomic mass is 10.4. The van der Waals surface area contributed by atoms with E-state index < -0.39 is 22.7 Å². The standard InChI is InChI=1S/C11H14O6S/c1-2-16-10(12)5-6-18(15)7-8-3-4-9(17-8)11(13)14/h3-4H,2,5-7H2,1H3,(H,13,14). The topological polar surface area (TPSA) is 93.8 Å². The lowest BCUT2D eigenvalue weighted by molar-refractivity contribution is -0.142. The Labute approximate surface area is 106 Å². The van der Waals surface area contributed by atoms with Crippen LogP contribution in [0.4, 0.5) is 0 Å². The number of carbonyl (C=O) groups excluding carboxylic acids is 1. The van der Waals surface area contributed by atoms with E-state index in [-0.39, 0.29) is 23.7 Å². The van der Waals surface area contributed by atoms with Gasteiger partial charge in [0.15, 0.2) is 0 Å². The molecule has 7 heteroatoms. The highest BCUT2D eigenvalue weighted by molar-refractivity contribution is 7.84. The molecule has 1 rings (SSSR count). The quantitative estimate of drug-likeness (QED) is 0.750. The van der Waals surface area contributed by atoms with Gasteiger partial charge in [-0.15, -0.1) is 0 Å². The first-order valence-corrected chi connectivity index (χ1v) is 6.84. The third-order valence-electron chi connectivity index (χ3n) is 2.01. The van der Waals surface area contributed by atoms with Gasteiger partial charge in [-0.25, -0.2) is 4.79 Å². The molecule has 100 valence electrons. The Hall–Kier alpha value is -1.63. The highest BCUT2D eigenvalue weighted by atomic mass is 32.2. The van der Waals surface area contributed by atoms with Crippen LogP contribution in [0.1, 0.15) is 29.7 Å². The monoisotopic (exact) mass is 274 g/mol. The van der Waals surface area contributed by atoms with Crippen LogP contribution in [-0.4, -0.2) is 33.6 Å². The van der Waals surface area contributed by atoms with Crippen molar-refractivity contribution in [3.63, 3.8) is 0 Å². The van der Waals surface area contributed by atoms with E-state index in [1.165, 1.54) is 12.1 Å². The maximum Gasteiger partial charge on any atom is 0.371 e. The predicted molar refractivity (Wildman–Crippen MR) is 63.6 cm³/mol. The fraction of sp³-hybridized carbons (Fsp3) is 0.455. The Morgan fingerprint density at radius 3 is 2.72 bits per heavy atom. The van der Waals surface area contributed by atoms with Crippen LogP contribution in [0.2, 0.25) is 0 Å². The molecular weight excluding hydrogens is 260 g/mol. The van der Waals surface area contributed by atoms with Crippen LogP contribution in [0.3, 0.4) is 0 Å². The number of carboxylic acid groups (broad SMARTS) is 1. The molecule has 0 spiro atoms. The molecule has 1 aromatic heterocycles. The van der Waals surface area contributed by atoms with E-state index in [4.69, 9.17) is 14.3 Å². The summed E-state index contributed by atoms with van der Waals surface area (Å²) in [6.07, 6.45) is 0.0763. The van der Waals surface area contributed by atoms with Crippen molar-refractivity contribution in [2.75, 3.05) is 12.4 Å². The smallest absolute Gasteiger partial charge is 0.371 e. The van der Waals surface area contributed by atoms with Crippen molar-refractivity contribution in [1.29, 1.82) is 0 Å². The lowest BCUT2D eigenvalue weighted by Crippen LogP contribution is -2.10. The predicted octanol–water partition coefficient (Wildman–Crippen LogP) is 1.18. The van der Waals surface area contributed by atoms with Gasteiger partial charge in [0.25, 0.3) is 0 Å². The summed E-state index contributed by atoms with van der Waals surface area (Å²) in [6.45, 7) is 2.00. The molecule has 0 aliphatic heterocycles. The molecule has 6 nitrogen and oxygen atoms in total. The van der Waals surface area contributed by atoms with E-state index >= 15 is 0 Å². The van der Waals surface area contributed by atoms with Crippen molar-refractivity contribution in [2.45, 2.75) is 19.1 Å². The minimum Gasteiger partial charge on any atom is -0.475 e. The van der Waals surface area contributed by atoms with Crippen LogP contribution >= 0.6 is 0 Å². The SMILES string of the molecule is CCOC(=O)CCS(=O)Cc1ccc(C(=O)O)o1. The molecule has 0 fully saturated rings. The van der Waals surface area contributed by atoms with Crippen molar-refractivity contribution in [3.05, 3.63) is 23.7 Å². The number of esters is 1. The Balaban J connectivity index is 2.39. The van der Waals surface area contributed by atoms with E-state index in [2.05, 4.69) is 0 Å². The van der Waals surface area contributed by atoms with Gasteiger partial charge in [-0.05, 0) is 19.1 Å². The molecular formula is C11H14O6S. The Bertz CT molecular complexity index is 450. The molecule has 0 amide bonds. The van der Waals surface area contributed by atoms with Crippen molar-refractivity contribution < 1.29 is 28.1 Å². The third-order valence-corrected chi connectivity index (χ3v) is 3.28. The molecule has 18 heavy (non-hydrogen) atoms. The summed E-state index contributed by atoms with van der Waals surface area (Å²) < 4.78 is 21.3. The molecule has 0 saturated heterocycles. The van der Waals surface area contributed by atoms with Gasteiger partial charge < -0.3 is 14.3 Å². The second kappa shape index (κ2) is 6.95. The summed E-state index contributed by atoms with van der Waals surface area (Å²) in [5, 5.41) is 8.64. The highest BCUT2D eigenvalue weighted by Gasteiger charge is 2.12. The van der Waals surface area contributed by atoms with Gasteiger partial charge in [0.1, 0.15) is 5.76 Å². The Morgan fingerprint density at radius 2 is 2.17 bits per heavy atom. The first-order valence-electron chi connectivity index (χ1n) is 5.35. The van der Waals surface area contributed by atoms with E-state index in [1.54, 1.807) is 6.92 Å². The number of ether oxygens (including phenoxy) is 1. The largest absolute Gasteiger partial charge is 0.475 e. The summed E-state index contributed by atoms with van der Waals surface area (Å²) in [6, 6.07) is 2.77. The highest BCUT2D eigenvalue weighted by Crippen LogP contribution is 2.10. The number of rotatable bonds is 7. The molecule has 0 aliphatic rings.